The molecule has 0 bridgehead atoms. The number of benzene rings is 1. The molecule has 12 nitrogen and oxygen atoms in total. The molecule has 0 aliphatic rings. The number of nitrogens with one attached hydrogen (secondary N) is 2. The van der Waals surface area contributed by atoms with E-state index in [9.17, 15) is 13.5 Å². The minimum atomic E-state index is -4.05. The zero-order chi connectivity index (χ0) is 26.4. The number of aromatic hydroxyl groups is 1. The molecule has 0 fully saturated rings. The van der Waals surface area contributed by atoms with Gasteiger partial charge in [-0.1, -0.05) is 32.4 Å². The second-order valence-corrected chi connectivity index (χ2v) is 11.9. The highest BCUT2D eigenvalue weighted by Gasteiger charge is 2.32. The molecule has 0 saturated carbocycles. The maximum absolute atomic E-state index is 12.8. The highest BCUT2D eigenvalue weighted by atomic mass is 35.5. The number of hydrogen-bond acceptors (Lipinski definition) is 11. The number of aromatic nitrogens is 4. The van der Waals surface area contributed by atoms with E-state index in [1.165, 1.54) is 26.2 Å². The molecule has 14 heteroatoms. The van der Waals surface area contributed by atoms with Crippen molar-refractivity contribution in [1.82, 2.24) is 24.6 Å². The highest BCUT2D eigenvalue weighted by Crippen LogP contribution is 2.41. The molecule has 4 aromatic rings. The molecule has 3 N–H and O–H groups in total. The maximum atomic E-state index is 12.8. The first-order valence-corrected chi connectivity index (χ1v) is 12.6. The molecule has 4 rings (SSSR count). The highest BCUT2D eigenvalue weighted by molar-refractivity contribution is 7.89. The van der Waals surface area contributed by atoms with Crippen molar-refractivity contribution in [3.05, 3.63) is 40.8 Å². The zero-order valence-electron chi connectivity index (χ0n) is 20.5. The number of phenolic OH excluding ortho intramolecular Hbond substituents is 1. The van der Waals surface area contributed by atoms with Gasteiger partial charge in [-0.3, -0.25) is 0 Å². The van der Waals surface area contributed by atoms with E-state index < -0.39 is 20.7 Å². The molecule has 0 spiro atoms. The summed E-state index contributed by atoms with van der Waals surface area (Å²) in [5.74, 6) is 1.25. The summed E-state index contributed by atoms with van der Waals surface area (Å²) in [6, 6.07) is 6.18. The van der Waals surface area contributed by atoms with Crippen molar-refractivity contribution in [3.63, 3.8) is 0 Å². The van der Waals surface area contributed by atoms with E-state index >= 15 is 0 Å². The van der Waals surface area contributed by atoms with E-state index in [0.29, 0.717) is 5.76 Å². The standard InChI is InChI=1S/C22H26ClN7O5S/c1-11-7-10-14(34-11)17(22(2,3)4)25-19-18(26-20-21(27-19)29-35-28-20)24-13-9-8-12(23)16(15(13)31)36(32,33)30(5)6/h7-10,17,31H,1-6H3,(H,24,26,28)(H,25,27,29)/t17-/m0/s1. The Morgan fingerprint density at radius 2 is 1.69 bits per heavy atom. The number of aryl methyl sites for hydroxylation is 1. The van der Waals surface area contributed by atoms with Crippen molar-refractivity contribution in [2.75, 3.05) is 24.7 Å². The Kier molecular flexibility index (Phi) is 6.58. The molecule has 0 aliphatic heterocycles. The summed E-state index contributed by atoms with van der Waals surface area (Å²) in [4.78, 5) is 8.46. The minimum absolute atomic E-state index is 0.0362. The number of rotatable bonds is 7. The van der Waals surface area contributed by atoms with Crippen molar-refractivity contribution in [3.8, 4) is 5.75 Å². The van der Waals surface area contributed by atoms with Crippen LogP contribution in [0.1, 0.15) is 38.3 Å². The Hall–Kier alpha value is -3.42. The summed E-state index contributed by atoms with van der Waals surface area (Å²) in [7, 11) is -1.37. The van der Waals surface area contributed by atoms with Crippen LogP contribution >= 0.6 is 11.6 Å². The first-order valence-electron chi connectivity index (χ1n) is 10.8. The van der Waals surface area contributed by atoms with Crippen LogP contribution in [-0.4, -0.2) is 52.2 Å². The molecular formula is C22H26ClN7O5S. The van der Waals surface area contributed by atoms with Gasteiger partial charge >= 0.3 is 0 Å². The van der Waals surface area contributed by atoms with Crippen LogP contribution in [0.5, 0.6) is 5.75 Å². The molecule has 0 aliphatic carbocycles. The average Bonchev–Trinajstić information content (AvgIpc) is 3.41. The van der Waals surface area contributed by atoms with Gasteiger partial charge in [0.1, 0.15) is 16.4 Å². The van der Waals surface area contributed by atoms with Crippen LogP contribution < -0.4 is 10.6 Å². The molecule has 1 atom stereocenters. The largest absolute Gasteiger partial charge is 0.504 e. The fourth-order valence-electron chi connectivity index (χ4n) is 3.49. The van der Waals surface area contributed by atoms with E-state index in [-0.39, 0.29) is 45.1 Å². The van der Waals surface area contributed by atoms with Crippen LogP contribution in [0.25, 0.3) is 11.3 Å². The number of phenols is 1. The lowest BCUT2D eigenvalue weighted by atomic mass is 9.85. The topological polar surface area (TPSA) is 160 Å². The Balaban J connectivity index is 1.82. The molecule has 3 aromatic heterocycles. The number of nitrogens with zero attached hydrogens (tertiary/aromatic N) is 5. The van der Waals surface area contributed by atoms with Gasteiger partial charge in [-0.15, -0.1) is 0 Å². The first kappa shape index (κ1) is 25.7. The predicted molar refractivity (Wildman–Crippen MR) is 134 cm³/mol. The lowest BCUT2D eigenvalue weighted by molar-refractivity contribution is 0.300. The SMILES string of the molecule is Cc1ccc([C@H](Nc2nc3nonc3nc2Nc2ccc(Cl)c(S(=O)(=O)N(C)C)c2O)C(C)(C)C)o1. The van der Waals surface area contributed by atoms with Crippen LogP contribution in [0.2, 0.25) is 5.02 Å². The molecule has 3 heterocycles. The predicted octanol–water partition coefficient (Wildman–Crippen LogP) is 4.47. The summed E-state index contributed by atoms with van der Waals surface area (Å²) in [6.45, 7) is 7.94. The van der Waals surface area contributed by atoms with E-state index in [2.05, 4.69) is 30.9 Å². The summed E-state index contributed by atoms with van der Waals surface area (Å²) >= 11 is 6.14. The van der Waals surface area contributed by atoms with Gasteiger partial charge in [0.05, 0.1) is 16.8 Å². The normalized spacial score (nSPS) is 13.3. The monoisotopic (exact) mass is 535 g/mol. The third kappa shape index (κ3) is 4.81. The van der Waals surface area contributed by atoms with Crippen LogP contribution in [-0.2, 0) is 10.0 Å². The zero-order valence-corrected chi connectivity index (χ0v) is 22.1. The second-order valence-electron chi connectivity index (χ2n) is 9.41. The van der Waals surface area contributed by atoms with Gasteiger partial charge < -0.3 is 20.2 Å². The number of anilines is 3. The van der Waals surface area contributed by atoms with Gasteiger partial charge in [-0.25, -0.2) is 27.3 Å². The van der Waals surface area contributed by atoms with Gasteiger partial charge in [0, 0.05) is 14.1 Å². The van der Waals surface area contributed by atoms with Crippen molar-refractivity contribution in [1.29, 1.82) is 0 Å². The molecule has 0 saturated heterocycles. The molecule has 0 radical (unpaired) electrons. The summed E-state index contributed by atoms with van der Waals surface area (Å²) in [5.41, 5.74) is -0.0224. The molecule has 0 amide bonds. The maximum Gasteiger partial charge on any atom is 0.247 e. The number of fused-ring (bicyclic) bond motifs is 1. The minimum Gasteiger partial charge on any atom is -0.504 e. The Labute approximate surface area is 212 Å². The van der Waals surface area contributed by atoms with Gasteiger partial charge in [0.2, 0.25) is 21.3 Å². The van der Waals surface area contributed by atoms with E-state index in [1.807, 2.05) is 39.8 Å². The molecule has 192 valence electrons. The molecule has 1 aromatic carbocycles. The van der Waals surface area contributed by atoms with Crippen molar-refractivity contribution < 1.29 is 22.6 Å². The van der Waals surface area contributed by atoms with Gasteiger partial charge in [-0.2, -0.15) is 0 Å². The number of sulfonamides is 1. The number of halogens is 1. The Bertz CT molecular complexity index is 1530. The Morgan fingerprint density at radius 3 is 2.25 bits per heavy atom. The Morgan fingerprint density at radius 1 is 1.06 bits per heavy atom. The van der Waals surface area contributed by atoms with Crippen LogP contribution in [0.4, 0.5) is 17.3 Å². The molecular weight excluding hydrogens is 510 g/mol. The van der Waals surface area contributed by atoms with Crippen LogP contribution in [0, 0.1) is 12.3 Å². The molecule has 0 unspecified atom stereocenters. The lowest BCUT2D eigenvalue weighted by Crippen LogP contribution is -2.26. The quantitative estimate of drug-likeness (QED) is 0.286. The number of furan rings is 1. The van der Waals surface area contributed by atoms with Crippen molar-refractivity contribution in [2.45, 2.75) is 38.6 Å². The van der Waals surface area contributed by atoms with E-state index in [1.54, 1.807) is 0 Å². The fraction of sp³-hybridized carbons (Fsp3) is 0.364. The van der Waals surface area contributed by atoms with Crippen molar-refractivity contribution in [2.24, 2.45) is 5.41 Å². The van der Waals surface area contributed by atoms with E-state index in [4.69, 9.17) is 20.6 Å². The second kappa shape index (κ2) is 9.22. The molecule has 36 heavy (non-hydrogen) atoms. The van der Waals surface area contributed by atoms with E-state index in [0.717, 1.165) is 10.1 Å². The van der Waals surface area contributed by atoms with Crippen LogP contribution in [0.15, 0.2) is 38.2 Å². The fourth-order valence-corrected chi connectivity index (χ4v) is 4.97. The average molecular weight is 536 g/mol. The smallest absolute Gasteiger partial charge is 0.247 e. The van der Waals surface area contributed by atoms with Gasteiger partial charge in [-0.05, 0) is 46.9 Å². The summed E-state index contributed by atoms with van der Waals surface area (Å²) in [5, 5.41) is 24.5. The third-order valence-corrected chi connectivity index (χ3v) is 7.70. The van der Waals surface area contributed by atoms with Gasteiger partial charge in [0.25, 0.3) is 0 Å². The van der Waals surface area contributed by atoms with Gasteiger partial charge in [0.15, 0.2) is 17.4 Å². The third-order valence-electron chi connectivity index (χ3n) is 5.38. The summed E-state index contributed by atoms with van der Waals surface area (Å²) < 4.78 is 37.1. The number of hydrogen-bond donors (Lipinski definition) is 3. The summed E-state index contributed by atoms with van der Waals surface area (Å²) in [6.07, 6.45) is 0. The van der Waals surface area contributed by atoms with Crippen molar-refractivity contribution >= 4 is 50.2 Å². The lowest BCUT2D eigenvalue weighted by Gasteiger charge is -2.30. The first-order chi connectivity index (χ1) is 16.8. The van der Waals surface area contributed by atoms with Crippen LogP contribution in [0.3, 0.4) is 0 Å².